The number of allylic oxidation sites excluding steroid dienone is 1. The lowest BCUT2D eigenvalue weighted by Gasteiger charge is -2.13. The van der Waals surface area contributed by atoms with Crippen LogP contribution in [0.5, 0.6) is 0 Å². The van der Waals surface area contributed by atoms with Gasteiger partial charge in [0.2, 0.25) is 5.91 Å². The lowest BCUT2D eigenvalue weighted by molar-refractivity contribution is -0.120. The van der Waals surface area contributed by atoms with Gasteiger partial charge in [0.1, 0.15) is 0 Å². The second-order valence-corrected chi connectivity index (χ2v) is 8.40. The molecule has 0 saturated carbocycles. The fraction of sp³-hybridized carbons (Fsp3) is 0.190. The predicted molar refractivity (Wildman–Crippen MR) is 117 cm³/mol. The summed E-state index contributed by atoms with van der Waals surface area (Å²) in [5, 5.41) is 12.0. The van der Waals surface area contributed by atoms with Gasteiger partial charge in [-0.2, -0.15) is 0 Å². The molecule has 0 aliphatic rings. The quantitative estimate of drug-likeness (QED) is 0.394. The highest BCUT2D eigenvalue weighted by Gasteiger charge is 2.20. The molecular weight excluding hydrogens is 436 g/mol. The van der Waals surface area contributed by atoms with Crippen LogP contribution in [0.4, 0.5) is 0 Å². The fourth-order valence-corrected chi connectivity index (χ4v) is 3.77. The number of rotatable bonds is 8. The number of hydrogen-bond acceptors (Lipinski definition) is 4. The smallest absolute Gasteiger partial charge is 0.233 e. The zero-order valence-corrected chi connectivity index (χ0v) is 17.9. The maximum Gasteiger partial charge on any atom is 0.233 e. The van der Waals surface area contributed by atoms with Gasteiger partial charge in [-0.05, 0) is 24.6 Å². The van der Waals surface area contributed by atoms with Crippen molar-refractivity contribution in [2.45, 2.75) is 30.4 Å². The molecule has 1 unspecified atom stereocenters. The molecule has 3 aromatic rings. The fourth-order valence-electron chi connectivity index (χ4n) is 2.62. The van der Waals surface area contributed by atoms with Crippen LogP contribution in [0.2, 0.25) is 0 Å². The Morgan fingerprint density at radius 2 is 1.93 bits per heavy atom. The van der Waals surface area contributed by atoms with Gasteiger partial charge < -0.3 is 5.32 Å². The molecular formula is C21H21BrN4OS. The number of aromatic nitrogens is 3. The Hall–Kier alpha value is -2.38. The van der Waals surface area contributed by atoms with Crippen molar-refractivity contribution in [1.82, 2.24) is 20.1 Å². The Balaban J connectivity index is 1.71. The van der Waals surface area contributed by atoms with Gasteiger partial charge in [0.25, 0.3) is 0 Å². The topological polar surface area (TPSA) is 59.8 Å². The average Bonchev–Trinajstić information content (AvgIpc) is 3.10. The van der Waals surface area contributed by atoms with Crippen LogP contribution in [-0.2, 0) is 17.9 Å². The van der Waals surface area contributed by atoms with Gasteiger partial charge in [-0.25, -0.2) is 0 Å². The molecule has 1 N–H and O–H groups in total. The monoisotopic (exact) mass is 456 g/mol. The van der Waals surface area contributed by atoms with Gasteiger partial charge in [-0.15, -0.1) is 16.8 Å². The van der Waals surface area contributed by atoms with Crippen molar-refractivity contribution in [3.8, 4) is 11.4 Å². The highest BCUT2D eigenvalue weighted by atomic mass is 79.9. The van der Waals surface area contributed by atoms with Crippen molar-refractivity contribution in [3.05, 3.63) is 77.3 Å². The number of amides is 1. The van der Waals surface area contributed by atoms with Gasteiger partial charge in [0.05, 0.1) is 5.25 Å². The molecule has 0 radical (unpaired) electrons. The molecule has 1 amide bonds. The van der Waals surface area contributed by atoms with E-state index in [0.29, 0.717) is 18.2 Å². The Morgan fingerprint density at radius 3 is 2.61 bits per heavy atom. The average molecular weight is 457 g/mol. The number of halogens is 1. The van der Waals surface area contributed by atoms with Gasteiger partial charge in [0.15, 0.2) is 11.0 Å². The Bertz CT molecular complexity index is 941. The van der Waals surface area contributed by atoms with Crippen LogP contribution in [0.3, 0.4) is 0 Å². The van der Waals surface area contributed by atoms with Crippen LogP contribution in [0.1, 0.15) is 12.5 Å². The standard InChI is InChI=1S/C21H21BrN4OS/c1-3-13-26-19(17-9-11-18(22)12-10-17)24-25-21(26)28-15(2)20(27)23-14-16-7-5-4-6-8-16/h3-12,15H,1,13-14H2,2H3,(H,23,27). The molecule has 5 nitrogen and oxygen atoms in total. The van der Waals surface area contributed by atoms with Crippen LogP contribution < -0.4 is 5.32 Å². The molecule has 7 heteroatoms. The molecule has 0 aliphatic carbocycles. The molecule has 0 spiro atoms. The summed E-state index contributed by atoms with van der Waals surface area (Å²) in [6.45, 7) is 6.78. The summed E-state index contributed by atoms with van der Waals surface area (Å²) < 4.78 is 2.98. The van der Waals surface area contributed by atoms with E-state index in [0.717, 1.165) is 21.4 Å². The first-order chi connectivity index (χ1) is 13.6. The summed E-state index contributed by atoms with van der Waals surface area (Å²) >= 11 is 4.84. The van der Waals surface area contributed by atoms with Gasteiger partial charge in [-0.1, -0.05) is 76.2 Å². The van der Waals surface area contributed by atoms with Crippen molar-refractivity contribution in [1.29, 1.82) is 0 Å². The highest BCUT2D eigenvalue weighted by molar-refractivity contribution is 9.10. The van der Waals surface area contributed by atoms with Gasteiger partial charge in [0, 0.05) is 23.1 Å². The van der Waals surface area contributed by atoms with E-state index in [1.54, 1.807) is 6.08 Å². The van der Waals surface area contributed by atoms with Crippen LogP contribution in [0.15, 0.2) is 76.9 Å². The lowest BCUT2D eigenvalue weighted by Crippen LogP contribution is -2.30. The van der Waals surface area contributed by atoms with E-state index in [9.17, 15) is 4.79 Å². The Morgan fingerprint density at radius 1 is 1.21 bits per heavy atom. The first kappa shape index (κ1) is 20.4. The van der Waals surface area contributed by atoms with E-state index >= 15 is 0 Å². The van der Waals surface area contributed by atoms with Gasteiger partial charge in [-0.3, -0.25) is 9.36 Å². The molecule has 2 aromatic carbocycles. The Kier molecular flexibility index (Phi) is 7.06. The summed E-state index contributed by atoms with van der Waals surface area (Å²) in [6.07, 6.45) is 1.80. The summed E-state index contributed by atoms with van der Waals surface area (Å²) in [4.78, 5) is 12.5. The lowest BCUT2D eigenvalue weighted by atomic mass is 10.2. The number of carbonyl (C=O) groups excluding carboxylic acids is 1. The zero-order chi connectivity index (χ0) is 19.9. The van der Waals surface area contributed by atoms with Crippen LogP contribution in [-0.4, -0.2) is 25.9 Å². The molecule has 144 valence electrons. The third-order valence-corrected chi connectivity index (χ3v) is 5.70. The minimum atomic E-state index is -0.297. The summed E-state index contributed by atoms with van der Waals surface area (Å²) in [5.41, 5.74) is 2.03. The van der Waals surface area contributed by atoms with Crippen molar-refractivity contribution in [3.63, 3.8) is 0 Å². The molecule has 0 bridgehead atoms. The number of nitrogens with one attached hydrogen (secondary N) is 1. The molecule has 1 aromatic heterocycles. The maximum atomic E-state index is 12.5. The van der Waals surface area contributed by atoms with Crippen LogP contribution >= 0.6 is 27.7 Å². The van der Waals surface area contributed by atoms with Crippen LogP contribution in [0.25, 0.3) is 11.4 Å². The second kappa shape index (κ2) is 9.71. The van der Waals surface area contributed by atoms with E-state index < -0.39 is 0 Å². The number of thioether (sulfide) groups is 1. The molecule has 0 fully saturated rings. The third-order valence-electron chi connectivity index (χ3n) is 4.09. The summed E-state index contributed by atoms with van der Waals surface area (Å²) in [5.74, 6) is 0.721. The maximum absolute atomic E-state index is 12.5. The second-order valence-electron chi connectivity index (χ2n) is 6.18. The molecule has 0 aliphatic heterocycles. The van der Waals surface area contributed by atoms with Gasteiger partial charge >= 0.3 is 0 Å². The normalized spacial score (nSPS) is 11.8. The van der Waals surface area contributed by atoms with E-state index in [4.69, 9.17) is 0 Å². The molecule has 1 atom stereocenters. The number of nitrogens with zero attached hydrogens (tertiary/aromatic N) is 3. The third kappa shape index (κ3) is 5.11. The minimum Gasteiger partial charge on any atom is -0.351 e. The number of hydrogen-bond donors (Lipinski definition) is 1. The zero-order valence-electron chi connectivity index (χ0n) is 15.5. The summed E-state index contributed by atoms with van der Waals surface area (Å²) in [6, 6.07) is 17.8. The van der Waals surface area contributed by atoms with E-state index in [-0.39, 0.29) is 11.2 Å². The minimum absolute atomic E-state index is 0.0350. The number of benzene rings is 2. The van der Waals surface area contributed by atoms with E-state index in [2.05, 4.69) is 38.0 Å². The van der Waals surface area contributed by atoms with Crippen molar-refractivity contribution < 1.29 is 4.79 Å². The molecule has 0 saturated heterocycles. The largest absolute Gasteiger partial charge is 0.351 e. The highest BCUT2D eigenvalue weighted by Crippen LogP contribution is 2.27. The van der Waals surface area contributed by atoms with E-state index in [1.165, 1.54) is 11.8 Å². The SMILES string of the molecule is C=CCn1c(SC(C)C(=O)NCc2ccccc2)nnc1-c1ccc(Br)cc1. The Labute approximate surface area is 177 Å². The first-order valence-corrected chi connectivity index (χ1v) is 10.5. The summed E-state index contributed by atoms with van der Waals surface area (Å²) in [7, 11) is 0. The molecule has 3 rings (SSSR count). The van der Waals surface area contributed by atoms with Crippen molar-refractivity contribution in [2.24, 2.45) is 0 Å². The van der Waals surface area contributed by atoms with Crippen molar-refractivity contribution >= 4 is 33.6 Å². The van der Waals surface area contributed by atoms with Crippen LogP contribution in [0, 0.1) is 0 Å². The number of carbonyl (C=O) groups is 1. The van der Waals surface area contributed by atoms with E-state index in [1.807, 2.05) is 66.1 Å². The molecule has 1 heterocycles. The first-order valence-electron chi connectivity index (χ1n) is 8.87. The predicted octanol–water partition coefficient (Wildman–Crippen LogP) is 4.69. The molecule has 28 heavy (non-hydrogen) atoms. The van der Waals surface area contributed by atoms with Crippen molar-refractivity contribution in [2.75, 3.05) is 0 Å².